The number of hydrogen-bond donors (Lipinski definition) is 1. The van der Waals surface area contributed by atoms with Crippen LogP contribution in [0.15, 0.2) is 10.9 Å². The molecule has 2 atom stereocenters. The van der Waals surface area contributed by atoms with E-state index in [2.05, 4.69) is 17.3 Å². The molecule has 2 saturated heterocycles. The molecule has 6 heteroatoms. The maximum Gasteiger partial charge on any atom is 0.267 e. The van der Waals surface area contributed by atoms with E-state index in [1.165, 1.54) is 12.8 Å². The van der Waals surface area contributed by atoms with Crippen LogP contribution in [0.3, 0.4) is 0 Å². The van der Waals surface area contributed by atoms with Crippen LogP contribution in [0.4, 0.5) is 0 Å². The Balaban J connectivity index is 1.51. The maximum absolute atomic E-state index is 12.6. The molecular formula is C18H28N4O2. The van der Waals surface area contributed by atoms with E-state index in [1.807, 2.05) is 6.07 Å². The van der Waals surface area contributed by atoms with Crippen molar-refractivity contribution < 1.29 is 4.74 Å². The van der Waals surface area contributed by atoms with Crippen LogP contribution in [-0.2, 0) is 17.6 Å². The van der Waals surface area contributed by atoms with E-state index in [1.54, 1.807) is 4.68 Å². The van der Waals surface area contributed by atoms with E-state index in [0.29, 0.717) is 19.3 Å². The van der Waals surface area contributed by atoms with Gasteiger partial charge in [0.2, 0.25) is 0 Å². The second-order valence-corrected chi connectivity index (χ2v) is 7.56. The minimum atomic E-state index is 0.0179. The van der Waals surface area contributed by atoms with Crippen molar-refractivity contribution in [2.24, 2.45) is 0 Å². The van der Waals surface area contributed by atoms with Crippen molar-refractivity contribution in [3.8, 4) is 0 Å². The molecule has 0 aromatic carbocycles. The molecule has 0 amide bonds. The molecule has 3 aliphatic rings. The fourth-order valence-corrected chi connectivity index (χ4v) is 4.24. The first-order chi connectivity index (χ1) is 11.7. The Hall–Kier alpha value is -1.24. The third-order valence-electron chi connectivity index (χ3n) is 5.77. The second kappa shape index (κ2) is 6.94. The summed E-state index contributed by atoms with van der Waals surface area (Å²) in [5, 5.41) is 8.47. The third-order valence-corrected chi connectivity index (χ3v) is 5.77. The van der Waals surface area contributed by atoms with E-state index in [0.717, 1.165) is 50.0 Å². The minimum absolute atomic E-state index is 0.0179. The second-order valence-electron chi connectivity index (χ2n) is 7.56. The molecule has 0 spiro atoms. The first-order valence-corrected chi connectivity index (χ1v) is 9.34. The summed E-state index contributed by atoms with van der Waals surface area (Å²) in [4.78, 5) is 14.9. The zero-order valence-corrected chi connectivity index (χ0v) is 14.5. The first-order valence-electron chi connectivity index (χ1n) is 9.34. The van der Waals surface area contributed by atoms with Gasteiger partial charge in [-0.05, 0) is 64.2 Å². The predicted octanol–water partition coefficient (Wildman–Crippen LogP) is 0.746. The van der Waals surface area contributed by atoms with Crippen LogP contribution in [-0.4, -0.2) is 60.1 Å². The van der Waals surface area contributed by atoms with E-state index >= 15 is 0 Å². The van der Waals surface area contributed by atoms with Gasteiger partial charge in [-0.2, -0.15) is 5.10 Å². The molecule has 1 aliphatic carbocycles. The largest absolute Gasteiger partial charge is 0.377 e. The molecule has 2 aliphatic heterocycles. The maximum atomic E-state index is 12.6. The van der Waals surface area contributed by atoms with Crippen LogP contribution in [0.25, 0.3) is 0 Å². The van der Waals surface area contributed by atoms with Crippen molar-refractivity contribution in [1.82, 2.24) is 20.0 Å². The number of rotatable bonds is 3. The molecule has 1 aromatic heterocycles. The summed E-state index contributed by atoms with van der Waals surface area (Å²) in [6, 6.07) is 2.53. The standard InChI is InChI=1S/C18H28N4O2/c1-21-8-6-14(7-9-21)19-16-11-24-12-17(16)22-18(23)10-13-4-2-3-5-15(13)20-22/h10,14,16-17,19H,2-9,11-12H2,1H3. The van der Waals surface area contributed by atoms with Crippen LogP contribution in [0.2, 0.25) is 0 Å². The van der Waals surface area contributed by atoms with Crippen molar-refractivity contribution in [3.05, 3.63) is 27.7 Å². The van der Waals surface area contributed by atoms with E-state index in [4.69, 9.17) is 9.84 Å². The summed E-state index contributed by atoms with van der Waals surface area (Å²) in [6.45, 7) is 3.51. The summed E-state index contributed by atoms with van der Waals surface area (Å²) >= 11 is 0. The molecule has 0 bridgehead atoms. The highest BCUT2D eigenvalue weighted by atomic mass is 16.5. The summed E-state index contributed by atoms with van der Waals surface area (Å²) in [7, 11) is 2.17. The molecule has 0 radical (unpaired) electrons. The van der Waals surface area contributed by atoms with E-state index in [9.17, 15) is 4.79 Å². The molecule has 1 aromatic rings. The number of nitrogens with zero attached hydrogens (tertiary/aromatic N) is 3. The van der Waals surface area contributed by atoms with Gasteiger partial charge in [-0.1, -0.05) is 0 Å². The number of aromatic nitrogens is 2. The highest BCUT2D eigenvalue weighted by Gasteiger charge is 2.34. The lowest BCUT2D eigenvalue weighted by atomic mass is 9.97. The Kier molecular flexibility index (Phi) is 4.70. The summed E-state index contributed by atoms with van der Waals surface area (Å²) in [6.07, 6.45) is 6.66. The number of ether oxygens (including phenoxy) is 1. The quantitative estimate of drug-likeness (QED) is 0.885. The molecule has 4 rings (SSSR count). The van der Waals surface area contributed by atoms with Gasteiger partial charge in [0.1, 0.15) is 0 Å². The molecule has 132 valence electrons. The first kappa shape index (κ1) is 16.2. The van der Waals surface area contributed by atoms with Crippen LogP contribution in [0.1, 0.15) is 43.0 Å². The zero-order valence-electron chi connectivity index (χ0n) is 14.5. The Morgan fingerprint density at radius 3 is 2.83 bits per heavy atom. The van der Waals surface area contributed by atoms with Crippen LogP contribution in [0, 0.1) is 0 Å². The van der Waals surface area contributed by atoms with Crippen molar-refractivity contribution in [3.63, 3.8) is 0 Å². The highest BCUT2D eigenvalue weighted by molar-refractivity contribution is 5.20. The molecule has 1 N–H and O–H groups in total. The van der Waals surface area contributed by atoms with Gasteiger partial charge >= 0.3 is 0 Å². The van der Waals surface area contributed by atoms with Gasteiger partial charge in [0, 0.05) is 12.1 Å². The predicted molar refractivity (Wildman–Crippen MR) is 92.4 cm³/mol. The van der Waals surface area contributed by atoms with Crippen molar-refractivity contribution in [2.45, 2.75) is 56.7 Å². The van der Waals surface area contributed by atoms with E-state index in [-0.39, 0.29) is 17.6 Å². The van der Waals surface area contributed by atoms with Gasteiger partial charge < -0.3 is 15.0 Å². The summed E-state index contributed by atoms with van der Waals surface area (Å²) in [5.74, 6) is 0. The number of likely N-dealkylation sites (tertiary alicyclic amines) is 1. The molecule has 2 fully saturated rings. The minimum Gasteiger partial charge on any atom is -0.377 e. The SMILES string of the molecule is CN1CCC(NC2COCC2n2nc3c(cc2=O)CCCC3)CC1. The van der Waals surface area contributed by atoms with Crippen molar-refractivity contribution in [2.75, 3.05) is 33.4 Å². The lowest BCUT2D eigenvalue weighted by molar-refractivity contribution is 0.176. The average molecular weight is 332 g/mol. The van der Waals surface area contributed by atoms with Crippen LogP contribution >= 0.6 is 0 Å². The highest BCUT2D eigenvalue weighted by Crippen LogP contribution is 2.22. The molecule has 24 heavy (non-hydrogen) atoms. The molecular weight excluding hydrogens is 304 g/mol. The number of nitrogens with one attached hydrogen (secondary N) is 1. The third kappa shape index (κ3) is 3.27. The molecule has 3 heterocycles. The van der Waals surface area contributed by atoms with Crippen molar-refractivity contribution >= 4 is 0 Å². The van der Waals surface area contributed by atoms with Gasteiger partial charge in [-0.15, -0.1) is 0 Å². The Bertz CT molecular complexity index is 636. The summed E-state index contributed by atoms with van der Waals surface area (Å²) in [5.41, 5.74) is 2.30. The lowest BCUT2D eigenvalue weighted by Crippen LogP contribution is -2.49. The fraction of sp³-hybridized carbons (Fsp3) is 0.778. The van der Waals surface area contributed by atoms with Crippen LogP contribution < -0.4 is 10.9 Å². The van der Waals surface area contributed by atoms with Gasteiger partial charge in [-0.3, -0.25) is 4.79 Å². The Morgan fingerprint density at radius 2 is 2.00 bits per heavy atom. The molecule has 2 unspecified atom stereocenters. The van der Waals surface area contributed by atoms with Crippen LogP contribution in [0.5, 0.6) is 0 Å². The average Bonchev–Trinajstić information content (AvgIpc) is 3.04. The zero-order chi connectivity index (χ0) is 16.5. The van der Waals surface area contributed by atoms with Gasteiger partial charge in [-0.25, -0.2) is 4.68 Å². The smallest absolute Gasteiger partial charge is 0.267 e. The van der Waals surface area contributed by atoms with Gasteiger partial charge in [0.05, 0.1) is 31.0 Å². The van der Waals surface area contributed by atoms with Gasteiger partial charge in [0.25, 0.3) is 5.56 Å². The number of fused-ring (bicyclic) bond motifs is 1. The number of hydrogen-bond acceptors (Lipinski definition) is 5. The lowest BCUT2D eigenvalue weighted by Gasteiger charge is -2.33. The molecule has 0 saturated carbocycles. The Morgan fingerprint density at radius 1 is 1.21 bits per heavy atom. The van der Waals surface area contributed by atoms with Crippen molar-refractivity contribution in [1.29, 1.82) is 0 Å². The number of aryl methyl sites for hydroxylation is 2. The topological polar surface area (TPSA) is 59.4 Å². The van der Waals surface area contributed by atoms with Gasteiger partial charge in [0.15, 0.2) is 0 Å². The van der Waals surface area contributed by atoms with E-state index < -0.39 is 0 Å². The molecule has 6 nitrogen and oxygen atoms in total. The fourth-order valence-electron chi connectivity index (χ4n) is 4.24. The summed E-state index contributed by atoms with van der Waals surface area (Å²) < 4.78 is 7.41. The monoisotopic (exact) mass is 332 g/mol. The number of piperidine rings is 1. The normalized spacial score (nSPS) is 28.9. The Labute approximate surface area is 143 Å².